The third-order valence-corrected chi connectivity index (χ3v) is 10.7. The number of phenols is 4. The number of carboxylic acid groups (broad SMARTS) is 4. The van der Waals surface area contributed by atoms with Crippen LogP contribution in [0.2, 0.25) is 0 Å². The van der Waals surface area contributed by atoms with Gasteiger partial charge in [-0.15, -0.1) is 0 Å². The van der Waals surface area contributed by atoms with Gasteiger partial charge in [0.15, 0.2) is 118 Å². The van der Waals surface area contributed by atoms with Crippen LogP contribution in [0.5, 0.6) is 92.0 Å². The molecule has 0 saturated carbocycles. The van der Waals surface area contributed by atoms with Crippen molar-refractivity contribution in [1.29, 1.82) is 0 Å². The summed E-state index contributed by atoms with van der Waals surface area (Å²) >= 11 is 0. The molecule has 0 aromatic heterocycles. The van der Waals surface area contributed by atoms with Crippen LogP contribution >= 0.6 is 0 Å². The molecule has 0 amide bonds. The monoisotopic (exact) mass is 1280 g/mol. The van der Waals surface area contributed by atoms with Crippen LogP contribution in [0.1, 0.15) is 0 Å². The first kappa shape index (κ1) is 70.4. The Morgan fingerprint density at radius 2 is 0.337 bits per heavy atom. The molecule has 473 valence electrons. The Morgan fingerprint density at radius 3 is 0.483 bits per heavy atom. The minimum Gasteiger partial charge on any atom is -0.504 e. The molecular weight excluding hydrogens is 1210 g/mol. The first-order valence-corrected chi connectivity index (χ1v) is 26.6. The van der Waals surface area contributed by atoms with Gasteiger partial charge in [-0.05, 0) is 97.1 Å². The van der Waals surface area contributed by atoms with Gasteiger partial charge in [0.1, 0.15) is 52.9 Å². The Kier molecular flexibility index (Phi) is 31.9. The van der Waals surface area contributed by atoms with Gasteiger partial charge in [0, 0.05) is 16.8 Å². The van der Waals surface area contributed by atoms with Crippen molar-refractivity contribution < 1.29 is 134 Å². The second-order valence-corrected chi connectivity index (χ2v) is 17.2. The number of aromatic hydroxyl groups is 4. The van der Waals surface area contributed by atoms with Gasteiger partial charge in [0.2, 0.25) is 0 Å². The number of carboxylic acids is 4. The van der Waals surface area contributed by atoms with Crippen molar-refractivity contribution in [3.05, 3.63) is 194 Å². The van der Waals surface area contributed by atoms with Crippen molar-refractivity contribution in [2.24, 2.45) is 0 Å². The van der Waals surface area contributed by atoms with Gasteiger partial charge >= 0.3 is 23.9 Å². The van der Waals surface area contributed by atoms with Crippen molar-refractivity contribution in [1.82, 2.24) is 0 Å². The van der Waals surface area contributed by atoms with Gasteiger partial charge in [0.05, 0.1) is 0 Å². The summed E-state index contributed by atoms with van der Waals surface area (Å²) in [6.45, 7) is 0.0610. The molecule has 8 N–H and O–H groups in total. The van der Waals surface area contributed by atoms with Crippen LogP contribution < -0.4 is 56.8 Å². The van der Waals surface area contributed by atoms with Crippen molar-refractivity contribution in [2.75, 3.05) is 79.3 Å². The maximum absolute atomic E-state index is 10.5. The molecule has 0 aliphatic carbocycles. The SMILES string of the molecule is O=C(O)COc1ccccc1OCCOc1ccccc1O.O=C(O)COc1ccccc1OCCOc1ccccc1O.O=C(O)COc1ccccc1OCCOc1ccccc1O.O=C(O)COc1ccccc1OCCOc1ccccc1O.[Co]. The van der Waals surface area contributed by atoms with Crippen LogP contribution in [0.15, 0.2) is 194 Å². The largest absolute Gasteiger partial charge is 0.504 e. The number of ether oxygens (including phenoxy) is 12. The molecule has 25 heteroatoms. The van der Waals surface area contributed by atoms with Gasteiger partial charge in [-0.2, -0.15) is 0 Å². The molecular formula is C64H64CoO24. The van der Waals surface area contributed by atoms with E-state index in [1.807, 2.05) is 0 Å². The number of aliphatic carboxylic acids is 4. The van der Waals surface area contributed by atoms with Gasteiger partial charge in [-0.25, -0.2) is 19.2 Å². The summed E-state index contributed by atoms with van der Waals surface area (Å²) in [6.07, 6.45) is 0. The van der Waals surface area contributed by atoms with Crippen LogP contribution in [0, 0.1) is 0 Å². The number of phenolic OH excluding ortho intramolecular Hbond substituents is 4. The molecule has 0 bridgehead atoms. The average Bonchev–Trinajstić information content (AvgIpc) is 3.68. The third-order valence-electron chi connectivity index (χ3n) is 10.7. The summed E-state index contributed by atoms with van der Waals surface area (Å²) < 4.78 is 64.1. The minimum absolute atomic E-state index is 0. The number of hydrogen-bond acceptors (Lipinski definition) is 20. The molecule has 1 radical (unpaired) electrons. The molecule has 0 saturated heterocycles. The first-order chi connectivity index (χ1) is 42.7. The van der Waals surface area contributed by atoms with Crippen LogP contribution in [0.3, 0.4) is 0 Å². The maximum Gasteiger partial charge on any atom is 0.341 e. The number of benzene rings is 8. The van der Waals surface area contributed by atoms with E-state index in [1.54, 1.807) is 170 Å². The molecule has 24 nitrogen and oxygen atoms in total. The Hall–Kier alpha value is -11.1. The standard InChI is InChI=1S/4C16H16O6.Co/c4*17-12-5-1-2-6-13(12)20-9-10-21-14-7-3-4-8-15(14)22-11-16(18)19;/h4*1-8,17H,9-11H2,(H,18,19);. The fraction of sp³-hybridized carbons (Fsp3) is 0.188. The Labute approximate surface area is 520 Å². The van der Waals surface area contributed by atoms with Crippen LogP contribution in [0.25, 0.3) is 0 Å². The Bertz CT molecular complexity index is 2950. The van der Waals surface area contributed by atoms with E-state index in [1.165, 1.54) is 24.3 Å². The van der Waals surface area contributed by atoms with E-state index in [-0.39, 0.29) is 92.6 Å². The molecule has 8 rings (SSSR count). The summed E-state index contributed by atoms with van der Waals surface area (Å²) in [5.74, 6) is 0.681. The molecule has 0 aliphatic rings. The fourth-order valence-electron chi connectivity index (χ4n) is 6.84. The van der Waals surface area contributed by atoms with Crippen molar-refractivity contribution >= 4 is 23.9 Å². The zero-order valence-electron chi connectivity index (χ0n) is 47.4. The van der Waals surface area contributed by atoms with Crippen molar-refractivity contribution in [3.63, 3.8) is 0 Å². The van der Waals surface area contributed by atoms with E-state index < -0.39 is 50.3 Å². The van der Waals surface area contributed by atoms with E-state index in [0.29, 0.717) is 69.0 Å². The van der Waals surface area contributed by atoms with E-state index in [9.17, 15) is 39.6 Å². The van der Waals surface area contributed by atoms with Gasteiger partial charge < -0.3 is 97.7 Å². The first-order valence-electron chi connectivity index (χ1n) is 26.6. The average molecular weight is 1280 g/mol. The summed E-state index contributed by atoms with van der Waals surface area (Å²) in [5.41, 5.74) is 0. The molecule has 8 aromatic carbocycles. The maximum atomic E-state index is 10.5. The topological polar surface area (TPSA) is 341 Å². The van der Waals surface area contributed by atoms with Crippen LogP contribution in [-0.2, 0) is 36.0 Å². The molecule has 0 fully saturated rings. The molecule has 0 spiro atoms. The third kappa shape index (κ3) is 27.7. The zero-order chi connectivity index (χ0) is 63.1. The molecule has 0 heterocycles. The molecule has 89 heavy (non-hydrogen) atoms. The normalized spacial score (nSPS) is 9.89. The predicted octanol–water partition coefficient (Wildman–Crippen LogP) is 9.25. The fourth-order valence-corrected chi connectivity index (χ4v) is 6.84. The number of hydrogen-bond donors (Lipinski definition) is 8. The van der Waals surface area contributed by atoms with Gasteiger partial charge in [0.25, 0.3) is 0 Å². The summed E-state index contributed by atoms with van der Waals surface area (Å²) in [4.78, 5) is 42.1. The van der Waals surface area contributed by atoms with E-state index in [2.05, 4.69) is 0 Å². The zero-order valence-corrected chi connectivity index (χ0v) is 48.4. The van der Waals surface area contributed by atoms with Crippen molar-refractivity contribution in [3.8, 4) is 92.0 Å². The van der Waals surface area contributed by atoms with E-state index in [0.717, 1.165) is 0 Å². The minimum atomic E-state index is -1.06. The molecule has 0 unspecified atom stereocenters. The van der Waals surface area contributed by atoms with Gasteiger partial charge in [-0.1, -0.05) is 97.1 Å². The quantitative estimate of drug-likeness (QED) is 0.0182. The van der Waals surface area contributed by atoms with Gasteiger partial charge in [-0.3, -0.25) is 0 Å². The molecule has 8 aromatic rings. The summed E-state index contributed by atoms with van der Waals surface area (Å²) in [7, 11) is 0. The predicted molar refractivity (Wildman–Crippen MR) is 315 cm³/mol. The summed E-state index contributed by atoms with van der Waals surface area (Å²) in [6, 6.07) is 53.7. The number of para-hydroxylation sites is 16. The number of rotatable bonds is 32. The smallest absolute Gasteiger partial charge is 0.341 e. The van der Waals surface area contributed by atoms with Crippen molar-refractivity contribution in [2.45, 2.75) is 0 Å². The summed E-state index contributed by atoms with van der Waals surface area (Å²) in [5, 5.41) is 72.7. The van der Waals surface area contributed by atoms with E-state index >= 15 is 0 Å². The number of carbonyl (C=O) groups is 4. The van der Waals surface area contributed by atoms with E-state index in [4.69, 9.17) is 77.3 Å². The molecule has 0 aliphatic heterocycles. The second-order valence-electron chi connectivity index (χ2n) is 17.2. The second kappa shape index (κ2) is 40.3. The Balaban J connectivity index is 0.000000253. The molecule has 0 atom stereocenters. The Morgan fingerprint density at radius 1 is 0.213 bits per heavy atom. The van der Waals surface area contributed by atoms with Crippen LogP contribution in [0.4, 0.5) is 0 Å². The van der Waals surface area contributed by atoms with Crippen LogP contribution in [-0.4, -0.2) is 144 Å².